The highest BCUT2D eigenvalue weighted by Gasteiger charge is 2.40. The maximum Gasteiger partial charge on any atom is 0.0103 e. The minimum Gasteiger partial charge on any atom is -0.319 e. The third-order valence-electron chi connectivity index (χ3n) is 4.32. The lowest BCUT2D eigenvalue weighted by atomic mass is 9.73. The van der Waals surface area contributed by atoms with Crippen molar-refractivity contribution < 1.29 is 0 Å². The molecule has 2 unspecified atom stereocenters. The first-order valence-corrected chi connectivity index (χ1v) is 6.41. The minimum atomic E-state index is 0.377. The van der Waals surface area contributed by atoms with Crippen LogP contribution in [0.1, 0.15) is 37.3 Å². The molecule has 1 heteroatoms. The molecule has 1 aromatic rings. The Morgan fingerprint density at radius 2 is 2.00 bits per heavy atom. The van der Waals surface area contributed by atoms with Crippen LogP contribution in [0.5, 0.6) is 0 Å². The molecular weight excluding hydrogens is 194 g/mol. The molecule has 0 heterocycles. The fraction of sp³-hybridized carbons (Fsp3) is 0.600. The molecule has 1 fully saturated rings. The van der Waals surface area contributed by atoms with E-state index in [-0.39, 0.29) is 0 Å². The van der Waals surface area contributed by atoms with E-state index in [1.54, 1.807) is 0 Å². The summed E-state index contributed by atoms with van der Waals surface area (Å²) in [4.78, 5) is 0. The van der Waals surface area contributed by atoms with Gasteiger partial charge in [0.2, 0.25) is 0 Å². The van der Waals surface area contributed by atoms with E-state index in [4.69, 9.17) is 0 Å². The Balaban J connectivity index is 2.35. The number of likely N-dealkylation sites (N-methyl/N-ethyl adjacent to an activating group) is 1. The molecule has 0 bridgehead atoms. The van der Waals surface area contributed by atoms with Crippen molar-refractivity contribution in [2.75, 3.05) is 13.6 Å². The summed E-state index contributed by atoms with van der Waals surface area (Å²) in [7, 11) is 2.07. The lowest BCUT2D eigenvalue weighted by molar-refractivity contribution is 0.326. The molecule has 0 aliphatic heterocycles. The van der Waals surface area contributed by atoms with Gasteiger partial charge < -0.3 is 5.32 Å². The van der Waals surface area contributed by atoms with Gasteiger partial charge in [-0.1, -0.05) is 43.2 Å². The lowest BCUT2D eigenvalue weighted by Crippen LogP contribution is -2.39. The number of benzene rings is 1. The molecule has 0 saturated heterocycles. The average molecular weight is 217 g/mol. The molecule has 16 heavy (non-hydrogen) atoms. The van der Waals surface area contributed by atoms with E-state index in [1.165, 1.54) is 30.4 Å². The predicted molar refractivity (Wildman–Crippen MR) is 69.8 cm³/mol. The monoisotopic (exact) mass is 217 g/mol. The van der Waals surface area contributed by atoms with Crippen molar-refractivity contribution in [1.82, 2.24) is 5.32 Å². The van der Waals surface area contributed by atoms with E-state index in [1.807, 2.05) is 0 Å². The van der Waals surface area contributed by atoms with E-state index in [0.29, 0.717) is 5.41 Å². The summed E-state index contributed by atoms with van der Waals surface area (Å²) in [5.74, 6) is 0.794. The molecule has 0 amide bonds. The van der Waals surface area contributed by atoms with Gasteiger partial charge in [-0.3, -0.25) is 0 Å². The second-order valence-corrected chi connectivity index (χ2v) is 5.35. The van der Waals surface area contributed by atoms with Crippen molar-refractivity contribution in [3.05, 3.63) is 35.4 Å². The SMILES string of the molecule is CNCC1(c2ccc(C)cc2)CCCC1C. The fourth-order valence-electron chi connectivity index (χ4n) is 3.24. The first-order chi connectivity index (χ1) is 7.69. The Bertz CT molecular complexity index is 341. The second-order valence-electron chi connectivity index (χ2n) is 5.35. The third-order valence-corrected chi connectivity index (χ3v) is 4.32. The second kappa shape index (κ2) is 4.58. The van der Waals surface area contributed by atoms with E-state index >= 15 is 0 Å². The first kappa shape index (κ1) is 11.7. The molecule has 0 aromatic heterocycles. The summed E-state index contributed by atoms with van der Waals surface area (Å²) in [5.41, 5.74) is 3.26. The van der Waals surface area contributed by atoms with Crippen LogP contribution in [0.15, 0.2) is 24.3 Å². The molecule has 1 aliphatic carbocycles. The van der Waals surface area contributed by atoms with Crippen LogP contribution in [0.2, 0.25) is 0 Å². The molecule has 1 nitrogen and oxygen atoms in total. The number of hydrogen-bond donors (Lipinski definition) is 1. The van der Waals surface area contributed by atoms with Crippen molar-refractivity contribution in [2.45, 2.75) is 38.5 Å². The van der Waals surface area contributed by atoms with Gasteiger partial charge >= 0.3 is 0 Å². The van der Waals surface area contributed by atoms with E-state index < -0.39 is 0 Å². The van der Waals surface area contributed by atoms with Gasteiger partial charge in [0.15, 0.2) is 0 Å². The van der Waals surface area contributed by atoms with Gasteiger partial charge in [0, 0.05) is 12.0 Å². The third kappa shape index (κ3) is 1.89. The normalized spacial score (nSPS) is 29.6. The van der Waals surface area contributed by atoms with Gasteiger partial charge in [0.05, 0.1) is 0 Å². The number of hydrogen-bond acceptors (Lipinski definition) is 1. The average Bonchev–Trinajstić information content (AvgIpc) is 2.63. The summed E-state index contributed by atoms with van der Waals surface area (Å²) < 4.78 is 0. The summed E-state index contributed by atoms with van der Waals surface area (Å²) in [6.07, 6.45) is 4.07. The molecule has 1 aliphatic rings. The van der Waals surface area contributed by atoms with Crippen LogP contribution in [-0.4, -0.2) is 13.6 Å². The van der Waals surface area contributed by atoms with Gasteiger partial charge in [-0.2, -0.15) is 0 Å². The van der Waals surface area contributed by atoms with Gasteiger partial charge in [0.1, 0.15) is 0 Å². The highest BCUT2D eigenvalue weighted by Crippen LogP contribution is 2.45. The summed E-state index contributed by atoms with van der Waals surface area (Å²) in [5, 5.41) is 3.39. The van der Waals surface area contributed by atoms with Crippen LogP contribution in [0.25, 0.3) is 0 Å². The van der Waals surface area contributed by atoms with Crippen molar-refractivity contribution in [3.8, 4) is 0 Å². The minimum absolute atomic E-state index is 0.377. The molecule has 1 saturated carbocycles. The highest BCUT2D eigenvalue weighted by molar-refractivity contribution is 5.31. The van der Waals surface area contributed by atoms with Crippen LogP contribution < -0.4 is 5.32 Å². The van der Waals surface area contributed by atoms with Crippen molar-refractivity contribution in [2.24, 2.45) is 5.92 Å². The zero-order valence-electron chi connectivity index (χ0n) is 10.7. The zero-order valence-corrected chi connectivity index (χ0v) is 10.7. The topological polar surface area (TPSA) is 12.0 Å². The maximum atomic E-state index is 3.39. The van der Waals surface area contributed by atoms with Crippen LogP contribution in [0.3, 0.4) is 0 Å². The Morgan fingerprint density at radius 3 is 2.50 bits per heavy atom. The number of nitrogens with one attached hydrogen (secondary N) is 1. The molecule has 0 spiro atoms. The van der Waals surface area contributed by atoms with Crippen molar-refractivity contribution in [1.29, 1.82) is 0 Å². The first-order valence-electron chi connectivity index (χ1n) is 6.41. The van der Waals surface area contributed by atoms with Crippen LogP contribution >= 0.6 is 0 Å². The van der Waals surface area contributed by atoms with Gasteiger partial charge in [-0.25, -0.2) is 0 Å². The van der Waals surface area contributed by atoms with Crippen LogP contribution in [-0.2, 0) is 5.41 Å². The Hall–Kier alpha value is -0.820. The Labute approximate surface area is 99.3 Å². The molecule has 2 rings (SSSR count). The zero-order chi connectivity index (χ0) is 11.6. The van der Waals surface area contributed by atoms with Crippen molar-refractivity contribution in [3.63, 3.8) is 0 Å². The Morgan fingerprint density at radius 1 is 1.31 bits per heavy atom. The van der Waals surface area contributed by atoms with Crippen LogP contribution in [0, 0.1) is 12.8 Å². The quantitative estimate of drug-likeness (QED) is 0.819. The molecule has 1 aromatic carbocycles. The van der Waals surface area contributed by atoms with E-state index in [2.05, 4.69) is 50.5 Å². The maximum absolute atomic E-state index is 3.39. The fourth-order valence-corrected chi connectivity index (χ4v) is 3.24. The summed E-state index contributed by atoms with van der Waals surface area (Å²) in [6, 6.07) is 9.15. The van der Waals surface area contributed by atoms with E-state index in [0.717, 1.165) is 12.5 Å². The smallest absolute Gasteiger partial charge is 0.0103 e. The van der Waals surface area contributed by atoms with Crippen molar-refractivity contribution >= 4 is 0 Å². The van der Waals surface area contributed by atoms with Crippen LogP contribution in [0.4, 0.5) is 0 Å². The largest absolute Gasteiger partial charge is 0.319 e. The summed E-state index contributed by atoms with van der Waals surface area (Å²) in [6.45, 7) is 5.67. The molecule has 1 N–H and O–H groups in total. The molecule has 2 atom stereocenters. The van der Waals surface area contributed by atoms with Gasteiger partial charge in [0.25, 0.3) is 0 Å². The number of aryl methyl sites for hydroxylation is 1. The lowest BCUT2D eigenvalue weighted by Gasteiger charge is -2.34. The predicted octanol–water partition coefficient (Wildman–Crippen LogP) is 3.27. The molecule has 0 radical (unpaired) electrons. The van der Waals surface area contributed by atoms with Gasteiger partial charge in [-0.05, 0) is 38.3 Å². The molecule has 88 valence electrons. The van der Waals surface area contributed by atoms with Gasteiger partial charge in [-0.15, -0.1) is 0 Å². The number of rotatable bonds is 3. The standard InChI is InChI=1S/C15H23N/c1-12-6-8-14(9-7-12)15(11-16-3)10-4-5-13(15)2/h6-9,13,16H,4-5,10-11H2,1-3H3. The molecular formula is C15H23N. The summed E-state index contributed by atoms with van der Waals surface area (Å²) >= 11 is 0. The Kier molecular flexibility index (Phi) is 3.34. The highest BCUT2D eigenvalue weighted by atomic mass is 14.8. The van der Waals surface area contributed by atoms with E-state index in [9.17, 15) is 0 Å².